The molecule has 3 heteroatoms. The van der Waals surface area contributed by atoms with Gasteiger partial charge in [0.15, 0.2) is 0 Å². The second kappa shape index (κ2) is 7.42. The maximum atomic E-state index is 3.65. The number of hydrogen-bond donors (Lipinski definition) is 1. The normalized spacial score (nSPS) is 18.1. The molecule has 1 fully saturated rings. The fourth-order valence-electron chi connectivity index (χ4n) is 3.41. The summed E-state index contributed by atoms with van der Waals surface area (Å²) < 4.78 is 1.31. The Kier molecular flexibility index (Phi) is 6.12. The third-order valence-electron chi connectivity index (χ3n) is 4.68. The zero-order valence-corrected chi connectivity index (χ0v) is 15.5. The average molecular weight is 358 g/mol. The van der Waals surface area contributed by atoms with Crippen LogP contribution in [0.5, 0.6) is 0 Å². The molecule has 0 amide bonds. The predicted molar refractivity (Wildman–Crippen MR) is 93.7 cm³/mol. The molecule has 2 rings (SSSR count). The number of aryl methyl sites for hydroxylation is 2. The molecule has 1 nitrogen and oxygen atoms in total. The molecule has 0 spiro atoms. The van der Waals surface area contributed by atoms with Crippen molar-refractivity contribution in [3.8, 4) is 0 Å². The number of nitrogens with one attached hydrogen (secondary N) is 1. The number of rotatable bonds is 7. The smallest absolute Gasteiger partial charge is 0.0730 e. The van der Waals surface area contributed by atoms with E-state index >= 15 is 0 Å². The second-order valence-corrected chi connectivity index (χ2v) is 9.19. The molecule has 0 unspecified atom stereocenters. The lowest BCUT2D eigenvalue weighted by molar-refractivity contribution is 0.243. The molecule has 1 N–H and O–H groups in total. The van der Waals surface area contributed by atoms with E-state index in [2.05, 4.69) is 48.1 Å². The van der Waals surface area contributed by atoms with Gasteiger partial charge in [0.05, 0.1) is 3.79 Å². The summed E-state index contributed by atoms with van der Waals surface area (Å²) in [7, 11) is 0. The fraction of sp³-hybridized carbons (Fsp3) is 0.765. The van der Waals surface area contributed by atoms with Crippen molar-refractivity contribution in [3.05, 3.63) is 20.3 Å². The largest absolute Gasteiger partial charge is 0.315 e. The highest BCUT2D eigenvalue weighted by molar-refractivity contribution is 9.11. The minimum atomic E-state index is 0.615. The highest BCUT2D eigenvalue weighted by Crippen LogP contribution is 2.45. The van der Waals surface area contributed by atoms with Crippen molar-refractivity contribution in [1.29, 1.82) is 0 Å². The molecule has 1 aromatic heterocycles. The Morgan fingerprint density at radius 3 is 2.55 bits per heavy atom. The Balaban J connectivity index is 1.88. The van der Waals surface area contributed by atoms with Gasteiger partial charge < -0.3 is 5.32 Å². The molecule has 0 atom stereocenters. The van der Waals surface area contributed by atoms with E-state index in [4.69, 9.17) is 0 Å². The Labute approximate surface area is 136 Å². The summed E-state index contributed by atoms with van der Waals surface area (Å²) in [5, 5.41) is 3.60. The lowest BCUT2D eigenvalue weighted by Gasteiger charge is -2.29. The summed E-state index contributed by atoms with van der Waals surface area (Å²) in [6.45, 7) is 7.87. The van der Waals surface area contributed by atoms with Crippen molar-refractivity contribution in [3.63, 3.8) is 0 Å². The molecule has 0 bridgehead atoms. The van der Waals surface area contributed by atoms with Gasteiger partial charge in [-0.3, -0.25) is 0 Å². The minimum absolute atomic E-state index is 0.615. The molecule has 0 aromatic carbocycles. The van der Waals surface area contributed by atoms with Crippen molar-refractivity contribution in [2.75, 3.05) is 6.54 Å². The molecule has 1 aliphatic rings. The zero-order chi connectivity index (χ0) is 14.6. The van der Waals surface area contributed by atoms with Crippen LogP contribution in [-0.4, -0.2) is 12.6 Å². The molecule has 20 heavy (non-hydrogen) atoms. The Morgan fingerprint density at radius 2 is 2.00 bits per heavy atom. The number of thiophene rings is 1. The van der Waals surface area contributed by atoms with E-state index in [0.29, 0.717) is 11.5 Å². The van der Waals surface area contributed by atoms with Crippen molar-refractivity contribution in [2.45, 2.75) is 71.8 Å². The van der Waals surface area contributed by atoms with Gasteiger partial charge in [0.1, 0.15) is 0 Å². The first-order valence-electron chi connectivity index (χ1n) is 7.99. The highest BCUT2D eigenvalue weighted by atomic mass is 79.9. The average Bonchev–Trinajstić information content (AvgIpc) is 2.96. The highest BCUT2D eigenvalue weighted by Gasteiger charge is 2.32. The van der Waals surface area contributed by atoms with E-state index in [9.17, 15) is 0 Å². The van der Waals surface area contributed by atoms with E-state index < -0.39 is 0 Å². The van der Waals surface area contributed by atoms with Gasteiger partial charge >= 0.3 is 0 Å². The standard InChI is InChI=1S/C17H28BrNS/c1-13(2)19-11-10-17(7-4-5-8-17)9-6-15-12-14(3)16(18)20-15/h12-13,19H,4-11H2,1-3H3. The van der Waals surface area contributed by atoms with Gasteiger partial charge in [-0.05, 0) is 78.5 Å². The van der Waals surface area contributed by atoms with E-state index in [0.717, 1.165) is 0 Å². The van der Waals surface area contributed by atoms with Crippen LogP contribution in [0.25, 0.3) is 0 Å². The topological polar surface area (TPSA) is 12.0 Å². The van der Waals surface area contributed by atoms with Crippen molar-refractivity contribution in [1.82, 2.24) is 5.32 Å². The molecule has 1 saturated carbocycles. The molecule has 0 aliphatic heterocycles. The SMILES string of the molecule is Cc1cc(CCC2(CCNC(C)C)CCCC2)sc1Br. The predicted octanol–water partition coefficient (Wildman–Crippen LogP) is 5.70. The van der Waals surface area contributed by atoms with E-state index in [-0.39, 0.29) is 0 Å². The summed E-state index contributed by atoms with van der Waals surface area (Å²) in [4.78, 5) is 1.55. The fourth-order valence-corrected chi connectivity index (χ4v) is 5.04. The molecule has 0 radical (unpaired) electrons. The van der Waals surface area contributed by atoms with Gasteiger partial charge in [-0.2, -0.15) is 0 Å². The summed E-state index contributed by atoms with van der Waals surface area (Å²) in [6.07, 6.45) is 9.76. The Bertz CT molecular complexity index is 399. The molecule has 1 heterocycles. The molecular weight excluding hydrogens is 330 g/mol. The van der Waals surface area contributed by atoms with Gasteiger partial charge in [0.25, 0.3) is 0 Å². The molecule has 114 valence electrons. The van der Waals surface area contributed by atoms with Crippen molar-refractivity contribution < 1.29 is 0 Å². The van der Waals surface area contributed by atoms with Gasteiger partial charge in [-0.15, -0.1) is 11.3 Å². The third-order valence-corrected chi connectivity index (χ3v) is 6.88. The zero-order valence-electron chi connectivity index (χ0n) is 13.1. The summed E-state index contributed by atoms with van der Waals surface area (Å²) in [6, 6.07) is 2.98. The van der Waals surface area contributed by atoms with Crippen LogP contribution >= 0.6 is 27.3 Å². The maximum absolute atomic E-state index is 3.65. The van der Waals surface area contributed by atoms with Crippen molar-refractivity contribution in [2.24, 2.45) is 5.41 Å². The van der Waals surface area contributed by atoms with Crippen LogP contribution in [0.2, 0.25) is 0 Å². The second-order valence-electron chi connectivity index (χ2n) is 6.74. The number of hydrogen-bond acceptors (Lipinski definition) is 2. The van der Waals surface area contributed by atoms with Crippen molar-refractivity contribution >= 4 is 27.3 Å². The van der Waals surface area contributed by atoms with Crippen LogP contribution in [-0.2, 0) is 6.42 Å². The summed E-state index contributed by atoms with van der Waals surface area (Å²) >= 11 is 5.58. The van der Waals surface area contributed by atoms with Crippen LogP contribution in [0, 0.1) is 12.3 Å². The number of halogens is 1. The third kappa shape index (κ3) is 4.57. The van der Waals surface area contributed by atoms with Crippen LogP contribution in [0.3, 0.4) is 0 Å². The van der Waals surface area contributed by atoms with Crippen LogP contribution in [0.15, 0.2) is 9.85 Å². The maximum Gasteiger partial charge on any atom is 0.0730 e. The molecular formula is C17H28BrNS. The van der Waals surface area contributed by atoms with Crippen LogP contribution in [0.1, 0.15) is 62.8 Å². The molecule has 0 saturated heterocycles. The monoisotopic (exact) mass is 357 g/mol. The molecule has 1 aromatic rings. The first-order valence-corrected chi connectivity index (χ1v) is 9.60. The Hall–Kier alpha value is 0.140. The Morgan fingerprint density at radius 1 is 1.30 bits per heavy atom. The molecule has 1 aliphatic carbocycles. The lowest BCUT2D eigenvalue weighted by Crippen LogP contribution is -2.29. The first-order chi connectivity index (χ1) is 9.51. The van der Waals surface area contributed by atoms with Crippen LogP contribution < -0.4 is 5.32 Å². The summed E-state index contributed by atoms with van der Waals surface area (Å²) in [5.41, 5.74) is 2.01. The van der Waals surface area contributed by atoms with Gasteiger partial charge in [0, 0.05) is 10.9 Å². The first kappa shape index (κ1) is 16.5. The van der Waals surface area contributed by atoms with E-state index in [1.165, 1.54) is 60.8 Å². The van der Waals surface area contributed by atoms with E-state index in [1.54, 1.807) is 4.88 Å². The van der Waals surface area contributed by atoms with Gasteiger partial charge in [-0.25, -0.2) is 0 Å². The summed E-state index contributed by atoms with van der Waals surface area (Å²) in [5.74, 6) is 0. The van der Waals surface area contributed by atoms with E-state index in [1.807, 2.05) is 11.3 Å². The van der Waals surface area contributed by atoms with Gasteiger partial charge in [0.2, 0.25) is 0 Å². The van der Waals surface area contributed by atoms with Gasteiger partial charge in [-0.1, -0.05) is 26.7 Å². The van der Waals surface area contributed by atoms with Crippen LogP contribution in [0.4, 0.5) is 0 Å². The minimum Gasteiger partial charge on any atom is -0.315 e. The lowest BCUT2D eigenvalue weighted by atomic mass is 9.78. The quantitative estimate of drug-likeness (QED) is 0.659.